The molecule has 0 heterocycles. The van der Waals surface area contributed by atoms with E-state index in [0.717, 1.165) is 12.1 Å². The smallest absolute Gasteiger partial charge is 0.246 e. The van der Waals surface area contributed by atoms with Gasteiger partial charge in [0, 0.05) is 17.8 Å². The molecule has 2 aromatic rings. The average molecular weight is 336 g/mol. The minimum absolute atomic E-state index is 0.300. The maximum absolute atomic E-state index is 13.2. The lowest BCUT2D eigenvalue weighted by Gasteiger charge is -2.17. The van der Waals surface area contributed by atoms with Crippen LogP contribution in [0.2, 0.25) is 0 Å². The van der Waals surface area contributed by atoms with Crippen molar-refractivity contribution in [2.45, 2.75) is 13.0 Å². The number of nitrogens with one attached hydrogen (secondary N) is 2. The maximum atomic E-state index is 13.2. The molecular formula is C17H18F2N2O3. The van der Waals surface area contributed by atoms with Gasteiger partial charge in [-0.2, -0.15) is 0 Å². The summed E-state index contributed by atoms with van der Waals surface area (Å²) < 4.78 is 36.5. The van der Waals surface area contributed by atoms with E-state index < -0.39 is 17.7 Å². The van der Waals surface area contributed by atoms with Crippen molar-refractivity contribution in [1.29, 1.82) is 0 Å². The first-order chi connectivity index (χ1) is 11.4. The predicted molar refractivity (Wildman–Crippen MR) is 87.6 cm³/mol. The van der Waals surface area contributed by atoms with Crippen molar-refractivity contribution in [1.82, 2.24) is 0 Å². The molecule has 0 fully saturated rings. The number of benzene rings is 2. The van der Waals surface area contributed by atoms with Crippen molar-refractivity contribution in [3.05, 3.63) is 48.0 Å². The summed E-state index contributed by atoms with van der Waals surface area (Å²) in [6, 6.07) is 7.65. The van der Waals surface area contributed by atoms with E-state index in [1.807, 2.05) is 0 Å². The van der Waals surface area contributed by atoms with E-state index in [1.165, 1.54) is 20.3 Å². The average Bonchev–Trinajstić information content (AvgIpc) is 2.58. The van der Waals surface area contributed by atoms with E-state index in [2.05, 4.69) is 10.6 Å². The Morgan fingerprint density at radius 2 is 1.79 bits per heavy atom. The second-order valence-electron chi connectivity index (χ2n) is 5.05. The number of carbonyl (C=O) groups is 1. The topological polar surface area (TPSA) is 59.6 Å². The Hall–Kier alpha value is -2.83. The lowest BCUT2D eigenvalue weighted by atomic mass is 10.2. The standard InChI is InChI=1S/C17H18F2N2O3/c1-10(20-11-4-6-13(18)14(19)8-11)17(22)21-15-9-12(23-2)5-7-16(15)24-3/h4-10,20H,1-3H3,(H,21,22). The fourth-order valence-electron chi connectivity index (χ4n) is 2.05. The van der Waals surface area contributed by atoms with Crippen molar-refractivity contribution < 1.29 is 23.0 Å². The summed E-state index contributed by atoms with van der Waals surface area (Å²) in [6.07, 6.45) is 0. The summed E-state index contributed by atoms with van der Waals surface area (Å²) in [7, 11) is 3.00. The van der Waals surface area contributed by atoms with E-state index >= 15 is 0 Å². The maximum Gasteiger partial charge on any atom is 0.246 e. The highest BCUT2D eigenvalue weighted by atomic mass is 19.2. The first kappa shape index (κ1) is 17.5. The number of anilines is 2. The van der Waals surface area contributed by atoms with Crippen LogP contribution in [-0.4, -0.2) is 26.2 Å². The van der Waals surface area contributed by atoms with Gasteiger partial charge in [-0.25, -0.2) is 8.78 Å². The number of rotatable bonds is 6. The molecule has 0 saturated carbocycles. The molecular weight excluding hydrogens is 318 g/mol. The van der Waals surface area contributed by atoms with Crippen LogP contribution in [0.15, 0.2) is 36.4 Å². The zero-order valence-corrected chi connectivity index (χ0v) is 13.5. The molecule has 2 aromatic carbocycles. The quantitative estimate of drug-likeness (QED) is 0.849. The van der Waals surface area contributed by atoms with Gasteiger partial charge in [0.1, 0.15) is 17.5 Å². The van der Waals surface area contributed by atoms with Gasteiger partial charge in [-0.1, -0.05) is 0 Å². The normalized spacial score (nSPS) is 11.5. The van der Waals surface area contributed by atoms with Crippen LogP contribution >= 0.6 is 0 Å². The van der Waals surface area contributed by atoms with Crippen LogP contribution in [0.3, 0.4) is 0 Å². The predicted octanol–water partition coefficient (Wildman–Crippen LogP) is 3.42. The molecule has 7 heteroatoms. The van der Waals surface area contributed by atoms with Gasteiger partial charge < -0.3 is 20.1 Å². The third-order valence-electron chi connectivity index (χ3n) is 3.36. The lowest BCUT2D eigenvalue weighted by molar-refractivity contribution is -0.116. The third kappa shape index (κ3) is 4.13. The molecule has 0 bridgehead atoms. The number of ether oxygens (including phenoxy) is 2. The van der Waals surface area contributed by atoms with Crippen molar-refractivity contribution in [3.63, 3.8) is 0 Å². The molecule has 0 aliphatic heterocycles. The third-order valence-corrected chi connectivity index (χ3v) is 3.36. The highest BCUT2D eigenvalue weighted by molar-refractivity contribution is 5.97. The van der Waals surface area contributed by atoms with E-state index in [4.69, 9.17) is 9.47 Å². The van der Waals surface area contributed by atoms with E-state index in [-0.39, 0.29) is 5.91 Å². The van der Waals surface area contributed by atoms with Crippen molar-refractivity contribution in [3.8, 4) is 11.5 Å². The van der Waals surface area contributed by atoms with Gasteiger partial charge >= 0.3 is 0 Å². The number of hydrogen-bond donors (Lipinski definition) is 2. The Bertz CT molecular complexity index is 738. The zero-order valence-electron chi connectivity index (χ0n) is 13.5. The number of amides is 1. The molecule has 1 atom stereocenters. The molecule has 1 unspecified atom stereocenters. The Labute approximate surface area is 138 Å². The van der Waals surface area contributed by atoms with Gasteiger partial charge in [-0.3, -0.25) is 4.79 Å². The van der Waals surface area contributed by atoms with Gasteiger partial charge in [-0.15, -0.1) is 0 Å². The van der Waals surface area contributed by atoms with Gasteiger partial charge in [0.2, 0.25) is 5.91 Å². The number of halogens is 2. The minimum Gasteiger partial charge on any atom is -0.497 e. The molecule has 0 saturated heterocycles. The molecule has 2 N–H and O–H groups in total. The largest absolute Gasteiger partial charge is 0.497 e. The highest BCUT2D eigenvalue weighted by Crippen LogP contribution is 2.29. The van der Waals surface area contributed by atoms with Crippen LogP contribution < -0.4 is 20.1 Å². The van der Waals surface area contributed by atoms with E-state index in [0.29, 0.717) is 22.9 Å². The van der Waals surface area contributed by atoms with Crippen LogP contribution in [0.4, 0.5) is 20.2 Å². The van der Waals surface area contributed by atoms with Gasteiger partial charge in [0.15, 0.2) is 11.6 Å². The van der Waals surface area contributed by atoms with E-state index in [9.17, 15) is 13.6 Å². The first-order valence-corrected chi connectivity index (χ1v) is 7.19. The van der Waals surface area contributed by atoms with Crippen molar-refractivity contribution in [2.75, 3.05) is 24.9 Å². The summed E-state index contributed by atoms with van der Waals surface area (Å²) in [6.45, 7) is 1.60. The monoisotopic (exact) mass is 336 g/mol. The zero-order chi connectivity index (χ0) is 17.7. The fraction of sp³-hybridized carbons (Fsp3) is 0.235. The van der Waals surface area contributed by atoms with Crippen LogP contribution in [0, 0.1) is 11.6 Å². The Balaban J connectivity index is 2.09. The molecule has 24 heavy (non-hydrogen) atoms. The van der Waals surface area contributed by atoms with E-state index in [1.54, 1.807) is 25.1 Å². The number of hydrogen-bond acceptors (Lipinski definition) is 4. The molecule has 128 valence electrons. The SMILES string of the molecule is COc1ccc(OC)c(NC(=O)C(C)Nc2ccc(F)c(F)c2)c1. The number of carbonyl (C=O) groups excluding carboxylic acids is 1. The molecule has 0 spiro atoms. The Kier molecular flexibility index (Phi) is 5.57. The summed E-state index contributed by atoms with van der Waals surface area (Å²) >= 11 is 0. The molecule has 5 nitrogen and oxygen atoms in total. The lowest BCUT2D eigenvalue weighted by Crippen LogP contribution is -2.32. The van der Waals surface area contributed by atoms with Crippen molar-refractivity contribution >= 4 is 17.3 Å². The first-order valence-electron chi connectivity index (χ1n) is 7.19. The van der Waals surface area contributed by atoms with Crippen LogP contribution in [0.25, 0.3) is 0 Å². The molecule has 0 aliphatic carbocycles. The second-order valence-corrected chi connectivity index (χ2v) is 5.05. The van der Waals surface area contributed by atoms with Crippen molar-refractivity contribution in [2.24, 2.45) is 0 Å². The minimum atomic E-state index is -0.984. The molecule has 1 amide bonds. The van der Waals surface area contributed by atoms with Crippen LogP contribution in [0.5, 0.6) is 11.5 Å². The number of methoxy groups -OCH3 is 2. The van der Waals surface area contributed by atoms with Gasteiger partial charge in [-0.05, 0) is 31.2 Å². The summed E-state index contributed by atoms with van der Waals surface area (Å²) in [5.41, 5.74) is 0.745. The molecule has 2 rings (SSSR count). The summed E-state index contributed by atoms with van der Waals surface area (Å²) in [5, 5.41) is 5.51. The Morgan fingerprint density at radius 3 is 2.42 bits per heavy atom. The second kappa shape index (κ2) is 7.63. The summed E-state index contributed by atoms with van der Waals surface area (Å²) in [5.74, 6) is -1.26. The van der Waals surface area contributed by atoms with Crippen LogP contribution in [0.1, 0.15) is 6.92 Å². The van der Waals surface area contributed by atoms with Crippen LogP contribution in [-0.2, 0) is 4.79 Å². The highest BCUT2D eigenvalue weighted by Gasteiger charge is 2.16. The molecule has 0 aliphatic rings. The molecule has 0 aromatic heterocycles. The van der Waals surface area contributed by atoms with Gasteiger partial charge in [0.25, 0.3) is 0 Å². The fourth-order valence-corrected chi connectivity index (χ4v) is 2.05. The summed E-state index contributed by atoms with van der Waals surface area (Å²) in [4.78, 5) is 12.3. The molecule has 0 radical (unpaired) electrons. The van der Waals surface area contributed by atoms with Gasteiger partial charge in [0.05, 0.1) is 19.9 Å². The Morgan fingerprint density at radius 1 is 1.04 bits per heavy atom.